The van der Waals surface area contributed by atoms with E-state index in [1.807, 2.05) is 30.3 Å². The van der Waals surface area contributed by atoms with Crippen LogP contribution in [0, 0.1) is 0 Å². The molecular weight excluding hydrogens is 286 g/mol. The highest BCUT2D eigenvalue weighted by atomic mass is 32.1. The lowest BCUT2D eigenvalue weighted by atomic mass is 10.2. The van der Waals surface area contributed by atoms with Gasteiger partial charge in [0.2, 0.25) is 0 Å². The molecule has 0 saturated heterocycles. The van der Waals surface area contributed by atoms with Gasteiger partial charge in [-0.3, -0.25) is 0 Å². The summed E-state index contributed by atoms with van der Waals surface area (Å²) < 4.78 is 5.08. The molecule has 6 heteroatoms. The summed E-state index contributed by atoms with van der Waals surface area (Å²) in [5.74, 6) is 0.255. The lowest BCUT2D eigenvalue weighted by Crippen LogP contribution is -2.05. The minimum absolute atomic E-state index is 0.339. The van der Waals surface area contributed by atoms with Crippen LogP contribution in [0.15, 0.2) is 42.0 Å². The van der Waals surface area contributed by atoms with Crippen molar-refractivity contribution >= 4 is 39.0 Å². The Morgan fingerprint density at radius 3 is 2.86 bits per heavy atom. The first-order chi connectivity index (χ1) is 10.3. The number of nitrogens with one attached hydrogen (secondary N) is 1. The first kappa shape index (κ1) is 13.5. The first-order valence-corrected chi connectivity index (χ1v) is 7.39. The van der Waals surface area contributed by atoms with E-state index in [4.69, 9.17) is 4.74 Å². The van der Waals surface area contributed by atoms with Gasteiger partial charge in [0.15, 0.2) is 0 Å². The predicted octanol–water partition coefficient (Wildman–Crippen LogP) is 3.61. The second-order valence-electron chi connectivity index (χ2n) is 4.26. The molecule has 0 aliphatic rings. The number of hydrogen-bond donors (Lipinski definition) is 1. The van der Waals surface area contributed by atoms with Crippen molar-refractivity contribution < 1.29 is 9.53 Å². The number of carbonyl (C=O) groups excluding carboxylic acids is 1. The van der Waals surface area contributed by atoms with Crippen LogP contribution >= 0.6 is 11.3 Å². The van der Waals surface area contributed by atoms with Gasteiger partial charge in [-0.1, -0.05) is 18.2 Å². The number of hydrogen-bond acceptors (Lipinski definition) is 6. The second kappa shape index (κ2) is 5.88. The number of thiophene rings is 1. The molecule has 0 atom stereocenters. The molecule has 2 aromatic heterocycles. The van der Waals surface area contributed by atoms with Gasteiger partial charge in [0.05, 0.1) is 17.6 Å². The fourth-order valence-corrected chi connectivity index (χ4v) is 2.86. The van der Waals surface area contributed by atoms with E-state index < -0.39 is 0 Å². The molecule has 1 N–H and O–H groups in total. The van der Waals surface area contributed by atoms with Gasteiger partial charge in [-0.25, -0.2) is 14.8 Å². The lowest BCUT2D eigenvalue weighted by Gasteiger charge is -2.07. The maximum absolute atomic E-state index is 12.0. The zero-order chi connectivity index (χ0) is 14.7. The van der Waals surface area contributed by atoms with Crippen molar-refractivity contribution in [3.63, 3.8) is 0 Å². The number of benzene rings is 1. The van der Waals surface area contributed by atoms with Crippen molar-refractivity contribution in [2.75, 3.05) is 11.9 Å². The number of aromatic nitrogens is 2. The maximum Gasteiger partial charge on any atom is 0.339 e. The number of fused-ring (bicyclic) bond motifs is 1. The highest BCUT2D eigenvalue weighted by Gasteiger charge is 2.18. The molecule has 21 heavy (non-hydrogen) atoms. The summed E-state index contributed by atoms with van der Waals surface area (Å²) in [7, 11) is 0. The van der Waals surface area contributed by atoms with Crippen LogP contribution in [0.25, 0.3) is 10.2 Å². The number of carbonyl (C=O) groups is 1. The van der Waals surface area contributed by atoms with Crippen LogP contribution in [0.2, 0.25) is 0 Å². The molecule has 5 nitrogen and oxygen atoms in total. The molecule has 0 saturated carbocycles. The lowest BCUT2D eigenvalue weighted by molar-refractivity contribution is 0.0529. The molecular formula is C15H13N3O2S. The van der Waals surface area contributed by atoms with Crippen LogP contribution in [0.4, 0.5) is 11.5 Å². The largest absolute Gasteiger partial charge is 0.462 e. The van der Waals surface area contributed by atoms with Crippen LogP contribution in [0.5, 0.6) is 0 Å². The topological polar surface area (TPSA) is 64.1 Å². The van der Waals surface area contributed by atoms with Crippen LogP contribution in [-0.4, -0.2) is 22.5 Å². The van der Waals surface area contributed by atoms with Crippen molar-refractivity contribution in [1.29, 1.82) is 0 Å². The van der Waals surface area contributed by atoms with Gasteiger partial charge in [0.25, 0.3) is 0 Å². The molecule has 0 fully saturated rings. The van der Waals surface area contributed by atoms with E-state index in [2.05, 4.69) is 15.3 Å². The number of anilines is 2. The SMILES string of the molecule is CCOC(=O)c1csc2ncnc(Nc3ccccc3)c12. The van der Waals surface area contributed by atoms with Crippen molar-refractivity contribution in [2.45, 2.75) is 6.92 Å². The minimum atomic E-state index is -0.352. The molecule has 0 bridgehead atoms. The summed E-state index contributed by atoms with van der Waals surface area (Å²) >= 11 is 1.40. The fraction of sp³-hybridized carbons (Fsp3) is 0.133. The van der Waals surface area contributed by atoms with Gasteiger partial charge in [0, 0.05) is 11.1 Å². The van der Waals surface area contributed by atoms with Gasteiger partial charge in [-0.15, -0.1) is 11.3 Å². The van der Waals surface area contributed by atoms with E-state index in [-0.39, 0.29) is 5.97 Å². The highest BCUT2D eigenvalue weighted by molar-refractivity contribution is 7.17. The summed E-state index contributed by atoms with van der Waals surface area (Å²) in [6, 6.07) is 9.67. The molecule has 1 aromatic carbocycles. The van der Waals surface area contributed by atoms with E-state index in [9.17, 15) is 4.79 Å². The Bertz CT molecular complexity index is 771. The molecule has 3 aromatic rings. The first-order valence-electron chi connectivity index (χ1n) is 6.51. The molecule has 0 spiro atoms. The van der Waals surface area contributed by atoms with Gasteiger partial charge in [0.1, 0.15) is 17.0 Å². The summed E-state index contributed by atoms with van der Waals surface area (Å²) in [6.07, 6.45) is 1.49. The molecule has 106 valence electrons. The van der Waals surface area contributed by atoms with E-state index in [1.165, 1.54) is 17.7 Å². The van der Waals surface area contributed by atoms with Crippen LogP contribution < -0.4 is 5.32 Å². The fourth-order valence-electron chi connectivity index (χ4n) is 1.99. The van der Waals surface area contributed by atoms with Gasteiger partial charge < -0.3 is 10.1 Å². The third-order valence-electron chi connectivity index (χ3n) is 2.90. The Balaban J connectivity index is 2.06. The van der Waals surface area contributed by atoms with Gasteiger partial charge >= 0.3 is 5.97 Å². The van der Waals surface area contributed by atoms with E-state index in [1.54, 1.807) is 12.3 Å². The third-order valence-corrected chi connectivity index (χ3v) is 3.79. The average Bonchev–Trinajstić information content (AvgIpc) is 2.94. The molecule has 3 rings (SSSR count). The quantitative estimate of drug-likeness (QED) is 0.746. The summed E-state index contributed by atoms with van der Waals surface area (Å²) in [4.78, 5) is 21.2. The number of esters is 1. The van der Waals surface area contributed by atoms with Crippen molar-refractivity contribution in [3.05, 3.63) is 47.6 Å². The number of ether oxygens (including phenoxy) is 1. The predicted molar refractivity (Wildman–Crippen MR) is 83.1 cm³/mol. The molecule has 0 aliphatic heterocycles. The van der Waals surface area contributed by atoms with Crippen molar-refractivity contribution in [1.82, 2.24) is 9.97 Å². The minimum Gasteiger partial charge on any atom is -0.462 e. The molecule has 2 heterocycles. The van der Waals surface area contributed by atoms with E-state index in [0.29, 0.717) is 23.4 Å². The Hall–Kier alpha value is -2.47. The van der Waals surface area contributed by atoms with Crippen molar-refractivity contribution in [3.8, 4) is 0 Å². The normalized spacial score (nSPS) is 10.5. The van der Waals surface area contributed by atoms with Gasteiger partial charge in [-0.05, 0) is 19.1 Å². The molecule has 0 amide bonds. The highest BCUT2D eigenvalue weighted by Crippen LogP contribution is 2.31. The Labute approximate surface area is 125 Å². The number of nitrogens with zero attached hydrogens (tertiary/aromatic N) is 2. The monoisotopic (exact) mass is 299 g/mol. The van der Waals surface area contributed by atoms with Gasteiger partial charge in [-0.2, -0.15) is 0 Å². The molecule has 0 radical (unpaired) electrons. The average molecular weight is 299 g/mol. The number of rotatable bonds is 4. The Morgan fingerprint density at radius 2 is 2.10 bits per heavy atom. The van der Waals surface area contributed by atoms with Crippen LogP contribution in [0.3, 0.4) is 0 Å². The van der Waals surface area contributed by atoms with E-state index in [0.717, 1.165) is 10.5 Å². The standard InChI is InChI=1S/C15H13N3O2S/c1-2-20-15(19)11-8-21-14-12(11)13(16-9-17-14)18-10-6-4-3-5-7-10/h3-9H,2H2,1H3,(H,16,17,18). The zero-order valence-electron chi connectivity index (χ0n) is 11.4. The third kappa shape index (κ3) is 2.71. The number of para-hydroxylation sites is 1. The molecule has 0 aliphatic carbocycles. The summed E-state index contributed by atoms with van der Waals surface area (Å²) in [5.41, 5.74) is 1.40. The summed E-state index contributed by atoms with van der Waals surface area (Å²) in [6.45, 7) is 2.12. The van der Waals surface area contributed by atoms with Crippen LogP contribution in [-0.2, 0) is 4.74 Å². The summed E-state index contributed by atoms with van der Waals surface area (Å²) in [5, 5.41) is 5.67. The zero-order valence-corrected chi connectivity index (χ0v) is 12.2. The van der Waals surface area contributed by atoms with E-state index >= 15 is 0 Å². The van der Waals surface area contributed by atoms with Crippen LogP contribution in [0.1, 0.15) is 17.3 Å². The Kier molecular flexibility index (Phi) is 3.79. The molecule has 0 unspecified atom stereocenters. The van der Waals surface area contributed by atoms with Crippen molar-refractivity contribution in [2.24, 2.45) is 0 Å². The smallest absolute Gasteiger partial charge is 0.339 e. The maximum atomic E-state index is 12.0. The second-order valence-corrected chi connectivity index (χ2v) is 5.12. The Morgan fingerprint density at radius 1 is 1.29 bits per heavy atom.